The Bertz CT molecular complexity index is 1060. The zero-order chi connectivity index (χ0) is 16.5. The van der Waals surface area contributed by atoms with Crippen molar-refractivity contribution < 1.29 is 0 Å². The van der Waals surface area contributed by atoms with Gasteiger partial charge in [0.05, 0.1) is 12.1 Å². The molecule has 0 aliphatic heterocycles. The Morgan fingerprint density at radius 3 is 2.92 bits per heavy atom. The van der Waals surface area contributed by atoms with Gasteiger partial charge in [-0.2, -0.15) is 0 Å². The van der Waals surface area contributed by atoms with E-state index in [1.807, 2.05) is 22.9 Å². The highest BCUT2D eigenvalue weighted by Gasteiger charge is 2.14. The number of hydrogen-bond acceptors (Lipinski definition) is 4. The number of hydrogen-bond donors (Lipinski definition) is 1. The maximum absolute atomic E-state index is 12.0. The lowest BCUT2D eigenvalue weighted by Crippen LogP contribution is -2.13. The van der Waals surface area contributed by atoms with Gasteiger partial charge in [-0.05, 0) is 31.2 Å². The molecule has 0 bridgehead atoms. The monoisotopic (exact) mass is 320 g/mol. The molecular formula is C17H16N6O. The number of pyridine rings is 2. The highest BCUT2D eigenvalue weighted by molar-refractivity contribution is 5.71. The second kappa shape index (κ2) is 5.77. The zero-order valence-electron chi connectivity index (χ0n) is 13.2. The predicted molar refractivity (Wildman–Crippen MR) is 90.6 cm³/mol. The Balaban J connectivity index is 1.79. The summed E-state index contributed by atoms with van der Waals surface area (Å²) >= 11 is 0. The van der Waals surface area contributed by atoms with Crippen LogP contribution in [0.25, 0.3) is 22.6 Å². The predicted octanol–water partition coefficient (Wildman–Crippen LogP) is 2.05. The van der Waals surface area contributed by atoms with E-state index in [9.17, 15) is 4.79 Å². The van der Waals surface area contributed by atoms with Crippen molar-refractivity contribution in [2.75, 3.05) is 0 Å². The highest BCUT2D eigenvalue weighted by atomic mass is 16.1. The molecule has 0 atom stereocenters. The van der Waals surface area contributed by atoms with Crippen molar-refractivity contribution in [2.45, 2.75) is 20.0 Å². The van der Waals surface area contributed by atoms with E-state index in [1.54, 1.807) is 30.7 Å². The molecule has 0 unspecified atom stereocenters. The fraction of sp³-hybridized carbons (Fsp3) is 0.176. The maximum Gasteiger partial charge on any atom is 0.258 e. The van der Waals surface area contributed by atoms with Crippen LogP contribution in [0.15, 0.2) is 53.8 Å². The molecule has 120 valence electrons. The van der Waals surface area contributed by atoms with Gasteiger partial charge in [-0.3, -0.25) is 4.79 Å². The van der Waals surface area contributed by atoms with E-state index in [0.29, 0.717) is 17.9 Å². The number of nitrogens with zero attached hydrogens (tertiary/aromatic N) is 5. The largest absolute Gasteiger partial charge is 0.328 e. The van der Waals surface area contributed by atoms with Crippen molar-refractivity contribution in [2.24, 2.45) is 0 Å². The first kappa shape index (κ1) is 14.4. The molecule has 4 heterocycles. The van der Waals surface area contributed by atoms with Crippen LogP contribution in [0.5, 0.6) is 0 Å². The van der Waals surface area contributed by atoms with E-state index in [0.717, 1.165) is 23.5 Å². The number of nitrogens with one attached hydrogen (secondary N) is 1. The molecule has 4 aromatic heterocycles. The van der Waals surface area contributed by atoms with Crippen molar-refractivity contribution in [1.29, 1.82) is 0 Å². The molecule has 24 heavy (non-hydrogen) atoms. The van der Waals surface area contributed by atoms with Crippen LogP contribution < -0.4 is 5.56 Å². The van der Waals surface area contributed by atoms with Crippen molar-refractivity contribution in [1.82, 2.24) is 29.1 Å². The normalized spacial score (nSPS) is 11.2. The minimum Gasteiger partial charge on any atom is -0.328 e. The van der Waals surface area contributed by atoms with Crippen molar-refractivity contribution in [3.8, 4) is 11.4 Å². The average Bonchev–Trinajstić information content (AvgIpc) is 3.19. The lowest BCUT2D eigenvalue weighted by Gasteiger charge is -2.09. The molecule has 0 aromatic carbocycles. The number of fused-ring (bicyclic) bond motifs is 1. The third kappa shape index (κ3) is 2.30. The van der Waals surface area contributed by atoms with Crippen LogP contribution in [-0.2, 0) is 13.1 Å². The summed E-state index contributed by atoms with van der Waals surface area (Å²) < 4.78 is 4.01. The van der Waals surface area contributed by atoms with E-state index < -0.39 is 0 Å². The molecule has 0 amide bonds. The van der Waals surface area contributed by atoms with Gasteiger partial charge in [-0.25, -0.2) is 15.0 Å². The van der Waals surface area contributed by atoms with E-state index in [1.165, 1.54) is 0 Å². The Morgan fingerprint density at radius 1 is 1.17 bits per heavy atom. The summed E-state index contributed by atoms with van der Waals surface area (Å²) in [7, 11) is 0. The van der Waals surface area contributed by atoms with Crippen molar-refractivity contribution in [3.63, 3.8) is 0 Å². The Labute approximate surface area is 137 Å². The zero-order valence-corrected chi connectivity index (χ0v) is 13.2. The molecule has 4 aromatic rings. The van der Waals surface area contributed by atoms with Gasteiger partial charge in [0.1, 0.15) is 17.2 Å². The van der Waals surface area contributed by atoms with Gasteiger partial charge in [0, 0.05) is 31.3 Å². The second-order valence-electron chi connectivity index (χ2n) is 5.41. The lowest BCUT2D eigenvalue weighted by molar-refractivity contribution is 0.663. The van der Waals surface area contributed by atoms with Crippen molar-refractivity contribution >= 4 is 11.2 Å². The SMILES string of the molecule is CCn1c(Cn2ccnc2-c2ccc[nH]c2=O)nc2cccnc21. The van der Waals surface area contributed by atoms with Crippen LogP contribution in [0.1, 0.15) is 12.7 Å². The smallest absolute Gasteiger partial charge is 0.258 e. The molecule has 0 fully saturated rings. The van der Waals surface area contributed by atoms with Gasteiger partial charge in [0.25, 0.3) is 5.56 Å². The second-order valence-corrected chi connectivity index (χ2v) is 5.41. The van der Waals surface area contributed by atoms with Gasteiger partial charge in [-0.15, -0.1) is 0 Å². The summed E-state index contributed by atoms with van der Waals surface area (Å²) in [5.74, 6) is 1.51. The minimum atomic E-state index is -0.157. The Morgan fingerprint density at radius 2 is 2.08 bits per heavy atom. The molecule has 0 saturated heterocycles. The van der Waals surface area contributed by atoms with Crippen LogP contribution in [-0.4, -0.2) is 29.1 Å². The third-order valence-electron chi connectivity index (χ3n) is 3.99. The fourth-order valence-corrected chi connectivity index (χ4v) is 2.89. The lowest BCUT2D eigenvalue weighted by atomic mass is 10.2. The van der Waals surface area contributed by atoms with Crippen LogP contribution in [0.4, 0.5) is 0 Å². The van der Waals surface area contributed by atoms with Gasteiger partial charge < -0.3 is 14.1 Å². The van der Waals surface area contributed by atoms with Crippen molar-refractivity contribution in [3.05, 3.63) is 65.2 Å². The molecule has 0 radical (unpaired) electrons. The number of imidazole rings is 2. The standard InChI is InChI=1S/C17H16N6O/c1-2-23-14(21-13-6-4-7-18-16(13)23)11-22-10-9-19-15(22)12-5-3-8-20-17(12)24/h3-10H,2,11H2,1H3,(H,20,24). The number of aryl methyl sites for hydroxylation is 1. The molecule has 0 saturated carbocycles. The summed E-state index contributed by atoms with van der Waals surface area (Å²) in [5, 5.41) is 0. The molecule has 4 rings (SSSR count). The average molecular weight is 320 g/mol. The molecule has 0 aliphatic rings. The summed E-state index contributed by atoms with van der Waals surface area (Å²) in [4.78, 5) is 28.2. The molecule has 0 spiro atoms. The van der Waals surface area contributed by atoms with E-state index in [2.05, 4.69) is 31.4 Å². The summed E-state index contributed by atoms with van der Waals surface area (Å²) in [6, 6.07) is 7.39. The van der Waals surface area contributed by atoms with Crippen LogP contribution >= 0.6 is 0 Å². The quantitative estimate of drug-likeness (QED) is 0.624. The van der Waals surface area contributed by atoms with Gasteiger partial charge in [-0.1, -0.05) is 0 Å². The number of rotatable bonds is 4. The van der Waals surface area contributed by atoms with Gasteiger partial charge >= 0.3 is 0 Å². The number of H-pyrrole nitrogens is 1. The maximum atomic E-state index is 12.0. The first-order valence-electron chi connectivity index (χ1n) is 7.77. The third-order valence-corrected chi connectivity index (χ3v) is 3.99. The highest BCUT2D eigenvalue weighted by Crippen LogP contribution is 2.18. The summed E-state index contributed by atoms with van der Waals surface area (Å²) in [6.07, 6.45) is 6.93. The topological polar surface area (TPSA) is 81.4 Å². The first-order valence-corrected chi connectivity index (χ1v) is 7.77. The molecule has 0 aliphatic carbocycles. The molecular weight excluding hydrogens is 304 g/mol. The minimum absolute atomic E-state index is 0.157. The number of aromatic amines is 1. The van der Waals surface area contributed by atoms with Crippen LogP contribution in [0, 0.1) is 0 Å². The first-order chi connectivity index (χ1) is 11.8. The summed E-state index contributed by atoms with van der Waals surface area (Å²) in [6.45, 7) is 3.36. The molecule has 7 heteroatoms. The van der Waals surface area contributed by atoms with E-state index in [4.69, 9.17) is 0 Å². The Hall–Kier alpha value is -3.22. The van der Waals surface area contributed by atoms with E-state index in [-0.39, 0.29) is 5.56 Å². The molecule has 1 N–H and O–H groups in total. The molecule has 7 nitrogen and oxygen atoms in total. The summed E-state index contributed by atoms with van der Waals surface area (Å²) in [5.41, 5.74) is 2.12. The Kier molecular flexibility index (Phi) is 3.45. The van der Waals surface area contributed by atoms with Gasteiger partial charge in [0.2, 0.25) is 0 Å². The van der Waals surface area contributed by atoms with Crippen LogP contribution in [0.3, 0.4) is 0 Å². The van der Waals surface area contributed by atoms with Crippen LogP contribution in [0.2, 0.25) is 0 Å². The fourth-order valence-electron chi connectivity index (χ4n) is 2.89. The van der Waals surface area contributed by atoms with Gasteiger partial charge in [0.15, 0.2) is 5.65 Å². The van der Waals surface area contributed by atoms with E-state index >= 15 is 0 Å². The number of aromatic nitrogens is 6.